The van der Waals surface area contributed by atoms with Gasteiger partial charge in [-0.1, -0.05) is 47.7 Å². The first-order valence-corrected chi connectivity index (χ1v) is 14.7. The van der Waals surface area contributed by atoms with Gasteiger partial charge in [0.25, 0.3) is 0 Å². The van der Waals surface area contributed by atoms with Crippen molar-refractivity contribution in [3.8, 4) is 17.6 Å². The number of ether oxygens (including phenoxy) is 1. The van der Waals surface area contributed by atoms with E-state index in [0.717, 1.165) is 46.5 Å². The second kappa shape index (κ2) is 13.6. The van der Waals surface area contributed by atoms with Crippen LogP contribution in [-0.2, 0) is 31.2 Å². The van der Waals surface area contributed by atoms with Gasteiger partial charge in [0.1, 0.15) is 36.0 Å². The van der Waals surface area contributed by atoms with Gasteiger partial charge in [-0.25, -0.2) is 13.5 Å². The van der Waals surface area contributed by atoms with Crippen LogP contribution in [0, 0.1) is 23.5 Å². The Morgan fingerprint density at radius 2 is 1.58 bits per heavy atom. The predicted molar refractivity (Wildman–Crippen MR) is 166 cm³/mol. The van der Waals surface area contributed by atoms with E-state index in [4.69, 9.17) is 16.3 Å². The number of nitrogens with zero attached hydrogens (tertiary/aromatic N) is 7. The third-order valence-electron chi connectivity index (χ3n) is 7.35. The van der Waals surface area contributed by atoms with E-state index in [9.17, 15) is 13.9 Å². The Labute approximate surface area is 276 Å². The Morgan fingerprint density at radius 3 is 2.23 bits per heavy atom. The fraction of sp³-hybridized carbons (Fsp3) is 0.147. The van der Waals surface area contributed by atoms with Crippen molar-refractivity contribution < 1.29 is 27.4 Å². The minimum Gasteiger partial charge on any atom is -0.489 e. The van der Waals surface area contributed by atoms with Gasteiger partial charge in [-0.2, -0.15) is 13.9 Å². The summed E-state index contributed by atoms with van der Waals surface area (Å²) >= 11 is 5.87. The maximum absolute atomic E-state index is 15.9. The first kappa shape index (κ1) is 32.4. The van der Waals surface area contributed by atoms with Crippen molar-refractivity contribution in [2.24, 2.45) is 0 Å². The Balaban J connectivity index is 1.11. The van der Waals surface area contributed by atoms with Crippen LogP contribution in [0.3, 0.4) is 0 Å². The lowest BCUT2D eigenvalue weighted by atomic mass is 9.84. The van der Waals surface area contributed by atoms with Crippen molar-refractivity contribution in [2.75, 3.05) is 0 Å². The minimum atomic E-state index is -4.17. The summed E-state index contributed by atoms with van der Waals surface area (Å²) in [5.74, 6) is -0.107. The summed E-state index contributed by atoms with van der Waals surface area (Å²) in [6.07, 6.45) is 3.91. The molecular weight excluding hydrogens is 650 g/mol. The molecule has 3 aromatic heterocycles. The molecule has 6 aromatic rings. The lowest BCUT2D eigenvalue weighted by Crippen LogP contribution is -2.48. The van der Waals surface area contributed by atoms with Crippen LogP contribution in [0.5, 0.6) is 5.75 Å². The van der Waals surface area contributed by atoms with Crippen LogP contribution >= 0.6 is 11.6 Å². The number of hydrogen-bond donors (Lipinski definition) is 1. The fourth-order valence-electron chi connectivity index (χ4n) is 4.83. The first-order chi connectivity index (χ1) is 23.1. The highest BCUT2D eigenvalue weighted by Crippen LogP contribution is 2.46. The zero-order valence-corrected chi connectivity index (χ0v) is 25.6. The van der Waals surface area contributed by atoms with Crippen LogP contribution in [0.2, 0.25) is 5.15 Å². The van der Waals surface area contributed by atoms with Gasteiger partial charge < -0.3 is 9.84 Å². The van der Waals surface area contributed by atoms with Crippen molar-refractivity contribution in [3.05, 3.63) is 154 Å². The molecule has 0 fully saturated rings. The largest absolute Gasteiger partial charge is 0.489 e. The normalized spacial score (nSPS) is 12.6. The summed E-state index contributed by atoms with van der Waals surface area (Å²) in [4.78, 5) is 3.83. The number of benzene rings is 3. The Hall–Kier alpha value is -5.58. The third-order valence-corrected chi connectivity index (χ3v) is 7.55. The maximum atomic E-state index is 15.9. The third kappa shape index (κ3) is 7.20. The molecule has 6 rings (SSSR count). The van der Waals surface area contributed by atoms with Gasteiger partial charge in [-0.05, 0) is 76.2 Å². The molecule has 1 atom stereocenters. The highest BCUT2D eigenvalue weighted by molar-refractivity contribution is 6.29. The molecule has 0 bridgehead atoms. The topological polar surface area (TPSA) is 104 Å². The van der Waals surface area contributed by atoms with Crippen molar-refractivity contribution in [3.63, 3.8) is 0 Å². The van der Waals surface area contributed by atoms with Gasteiger partial charge in [-0.15, -0.1) is 5.10 Å². The number of tetrazole rings is 1. The SMILES string of the molecule is OC(Cn1cnnn1)(c1ccc(F)cc1F)C(F)(F)c1ccc(C#Cc2ccc(OCc3ccc(Cn4ccc(Cl)n4)cc3)cc2)cn1. The molecule has 0 aliphatic carbocycles. The molecule has 14 heteroatoms. The molecule has 0 aliphatic heterocycles. The van der Waals surface area contributed by atoms with Gasteiger partial charge in [0.2, 0.25) is 0 Å². The zero-order chi connectivity index (χ0) is 33.7. The summed E-state index contributed by atoms with van der Waals surface area (Å²) in [5.41, 5.74) is -1.95. The molecule has 1 N–H and O–H groups in total. The molecule has 0 saturated heterocycles. The maximum Gasteiger partial charge on any atom is 0.323 e. The molecule has 0 spiro atoms. The van der Waals surface area contributed by atoms with Crippen LogP contribution in [0.15, 0.2) is 104 Å². The van der Waals surface area contributed by atoms with Gasteiger partial charge in [0.05, 0.1) is 13.1 Å². The summed E-state index contributed by atoms with van der Waals surface area (Å²) in [5, 5.41) is 26.2. The number of aliphatic hydroxyl groups is 1. The van der Waals surface area contributed by atoms with E-state index in [1.165, 1.54) is 6.07 Å². The summed E-state index contributed by atoms with van der Waals surface area (Å²) < 4.78 is 68.6. The van der Waals surface area contributed by atoms with E-state index in [1.54, 1.807) is 35.0 Å². The van der Waals surface area contributed by atoms with Crippen LogP contribution in [0.25, 0.3) is 0 Å². The van der Waals surface area contributed by atoms with Crippen LogP contribution < -0.4 is 4.74 Å². The minimum absolute atomic E-state index is 0.311. The van der Waals surface area contributed by atoms with E-state index in [2.05, 4.69) is 37.4 Å². The summed E-state index contributed by atoms with van der Waals surface area (Å²) in [6, 6.07) is 20.9. The Bertz CT molecular complexity index is 2060. The number of hydrogen-bond acceptors (Lipinski definition) is 7. The second-order valence-electron chi connectivity index (χ2n) is 10.7. The Kier molecular flexibility index (Phi) is 9.20. The van der Waals surface area contributed by atoms with Crippen molar-refractivity contribution in [1.82, 2.24) is 35.0 Å². The molecule has 0 saturated carbocycles. The molecule has 3 heterocycles. The molecule has 1 unspecified atom stereocenters. The molecule has 242 valence electrons. The van der Waals surface area contributed by atoms with E-state index in [1.807, 2.05) is 30.5 Å². The first-order valence-electron chi connectivity index (χ1n) is 14.3. The molecule has 3 aromatic carbocycles. The predicted octanol–water partition coefficient (Wildman–Crippen LogP) is 5.90. The lowest BCUT2D eigenvalue weighted by Gasteiger charge is -2.35. The molecule has 0 amide bonds. The van der Waals surface area contributed by atoms with Crippen molar-refractivity contribution in [1.29, 1.82) is 0 Å². The van der Waals surface area contributed by atoms with E-state index < -0.39 is 41.0 Å². The van der Waals surface area contributed by atoms with Gasteiger partial charge in [0, 0.05) is 35.2 Å². The lowest BCUT2D eigenvalue weighted by molar-refractivity contribution is -0.207. The number of aromatic nitrogens is 7. The van der Waals surface area contributed by atoms with Crippen LogP contribution in [0.4, 0.5) is 17.6 Å². The Morgan fingerprint density at radius 1 is 0.854 bits per heavy atom. The van der Waals surface area contributed by atoms with E-state index in [-0.39, 0.29) is 0 Å². The van der Waals surface area contributed by atoms with Gasteiger partial charge in [-0.3, -0.25) is 9.67 Å². The smallest absolute Gasteiger partial charge is 0.323 e. The zero-order valence-electron chi connectivity index (χ0n) is 24.8. The second-order valence-corrected chi connectivity index (χ2v) is 11.1. The summed E-state index contributed by atoms with van der Waals surface area (Å²) in [7, 11) is 0. The van der Waals surface area contributed by atoms with Crippen LogP contribution in [0.1, 0.15) is 33.5 Å². The highest BCUT2D eigenvalue weighted by atomic mass is 35.5. The monoisotopic (exact) mass is 673 g/mol. The van der Waals surface area contributed by atoms with E-state index >= 15 is 8.78 Å². The molecule has 9 nitrogen and oxygen atoms in total. The fourth-order valence-corrected chi connectivity index (χ4v) is 4.98. The van der Waals surface area contributed by atoms with E-state index in [0.29, 0.717) is 41.2 Å². The molecule has 0 aliphatic rings. The molecule has 0 radical (unpaired) electrons. The number of alkyl halides is 2. The quantitative estimate of drug-likeness (QED) is 0.143. The molecular formula is C34H24ClF4N7O2. The number of halogens is 5. The summed E-state index contributed by atoms with van der Waals surface area (Å²) in [6.45, 7) is 0.0158. The highest BCUT2D eigenvalue weighted by Gasteiger charge is 2.58. The average Bonchev–Trinajstić information content (AvgIpc) is 3.75. The van der Waals surface area contributed by atoms with Gasteiger partial charge in [0.15, 0.2) is 10.8 Å². The van der Waals surface area contributed by atoms with Crippen LogP contribution in [-0.4, -0.2) is 40.1 Å². The number of pyridine rings is 1. The van der Waals surface area contributed by atoms with Crippen molar-refractivity contribution in [2.45, 2.75) is 31.2 Å². The standard InChI is InChI=1S/C34H24ClF4N7O2/c35-32-15-16-45(42-32)19-25-3-5-26(6-4-25)20-48-28-11-7-23(8-12-28)1-2-24-9-14-31(40-18-24)34(38,39)33(47,21-46-22-41-43-44-46)29-13-10-27(36)17-30(29)37/h3-18,22,47H,19-21H2. The van der Waals surface area contributed by atoms with Crippen molar-refractivity contribution >= 4 is 11.6 Å². The number of rotatable bonds is 10. The average molecular weight is 674 g/mol. The molecule has 48 heavy (non-hydrogen) atoms. The van der Waals surface area contributed by atoms with Gasteiger partial charge >= 0.3 is 5.92 Å².